The van der Waals surface area contributed by atoms with Gasteiger partial charge >= 0.3 is 32.7 Å². The summed E-state index contributed by atoms with van der Waals surface area (Å²) in [6.45, 7) is 7.06. The van der Waals surface area contributed by atoms with Crippen molar-refractivity contribution in [2.75, 3.05) is 19.9 Å². The second kappa shape index (κ2) is 5.86. The number of aliphatic imine (C=N–C) groups is 1. The van der Waals surface area contributed by atoms with Gasteiger partial charge in [0, 0.05) is 6.61 Å². The molecule has 0 unspecified atom stereocenters. The average molecular weight is 333 g/mol. The minimum Gasteiger partial charge on any atom is -0.573 e. The van der Waals surface area contributed by atoms with Crippen LogP contribution in [0.3, 0.4) is 0 Å². The van der Waals surface area contributed by atoms with E-state index in [9.17, 15) is 0 Å². The van der Waals surface area contributed by atoms with Crippen molar-refractivity contribution in [2.24, 2.45) is 4.99 Å². The Bertz CT molecular complexity index is 522. The van der Waals surface area contributed by atoms with Crippen LogP contribution in [0.5, 0.6) is 0 Å². The molecule has 0 atom stereocenters. The van der Waals surface area contributed by atoms with Gasteiger partial charge in [-0.2, -0.15) is 0 Å². The molecule has 1 aliphatic carbocycles. The molecule has 0 N–H and O–H groups in total. The molecule has 4 heteroatoms. The Balaban J connectivity index is 0.00000120. The summed E-state index contributed by atoms with van der Waals surface area (Å²) in [7, 11) is -0.0985. The minimum atomic E-state index is -0.0985. The van der Waals surface area contributed by atoms with Crippen LogP contribution in [-0.2, 0) is 43.9 Å². The Hall–Kier alpha value is -0.166. The molecule has 0 spiro atoms. The Labute approximate surface area is 135 Å². The van der Waals surface area contributed by atoms with Crippen molar-refractivity contribution in [1.82, 2.24) is 0 Å². The molecule has 0 radical (unpaired) electrons. The van der Waals surface area contributed by atoms with Gasteiger partial charge in [0.25, 0.3) is 0 Å². The van der Waals surface area contributed by atoms with Gasteiger partial charge in [-0.1, -0.05) is 32.2 Å². The summed E-state index contributed by atoms with van der Waals surface area (Å²) in [5.41, 5.74) is 3.98. The molecule has 0 saturated heterocycles. The molecule has 3 rings (SSSR count). The molecule has 1 aromatic carbocycles. The zero-order chi connectivity index (χ0) is 11.8. The number of hydrogen-bond donors (Lipinski definition) is 0. The van der Waals surface area contributed by atoms with E-state index in [2.05, 4.69) is 42.6 Å². The first kappa shape index (κ1) is 14.2. The van der Waals surface area contributed by atoms with Gasteiger partial charge in [0.05, 0.1) is 5.90 Å². The van der Waals surface area contributed by atoms with Crippen LogP contribution in [0.15, 0.2) is 34.6 Å². The third-order valence-electron chi connectivity index (χ3n) is 3.19. The summed E-state index contributed by atoms with van der Waals surface area (Å²) in [6.07, 6.45) is 1.06. The van der Waals surface area contributed by atoms with Crippen LogP contribution in [0.25, 0.3) is 5.57 Å². The predicted octanol–water partition coefficient (Wildman–Crippen LogP) is 3.28. The quantitative estimate of drug-likeness (QED) is 0.601. The summed E-state index contributed by atoms with van der Waals surface area (Å²) in [5, 5.41) is 1.51. The van der Waals surface area contributed by atoms with E-state index in [1.807, 2.05) is 6.54 Å². The van der Waals surface area contributed by atoms with Crippen molar-refractivity contribution < 1.29 is 37.4 Å². The first-order valence-corrected chi connectivity index (χ1v) is 8.02. The van der Waals surface area contributed by atoms with Crippen molar-refractivity contribution >= 4 is 19.4 Å². The van der Waals surface area contributed by atoms with E-state index < -0.39 is 0 Å². The number of allylic oxidation sites excluding steroid dienone is 1. The second-order valence-corrected chi connectivity index (χ2v) is 6.81. The number of benzene rings is 1. The summed E-state index contributed by atoms with van der Waals surface area (Å²) >= 11 is 0. The number of hydrogen-bond acceptors (Lipinski definition) is 2. The standard InChI is InChI=1S/C14H15NOP.Y/c1-17(2)12-9-10-5-3-4-6-11(10)13(12)14-15-7-8-16-14;/h3-7H,8-9H2,1-2H3;/q-1;+3. The molecule has 2 nitrogen and oxygen atoms in total. The first-order valence-electron chi connectivity index (χ1n) is 5.79. The zero-order valence-corrected chi connectivity index (χ0v) is 14.4. The van der Waals surface area contributed by atoms with Crippen molar-refractivity contribution in [2.45, 2.75) is 6.42 Å². The molecule has 2 aliphatic rings. The largest absolute Gasteiger partial charge is 3.00 e. The summed E-state index contributed by atoms with van der Waals surface area (Å²) in [5.74, 6) is 0.821. The first-order chi connectivity index (χ1) is 8.27. The Morgan fingerprint density at radius 3 is 2.72 bits per heavy atom. The van der Waals surface area contributed by atoms with Crippen LogP contribution in [0.2, 0.25) is 0 Å². The number of fused-ring (bicyclic) bond motifs is 1. The number of ether oxygens (including phenoxy) is 1. The molecule has 18 heavy (non-hydrogen) atoms. The van der Waals surface area contributed by atoms with Crippen LogP contribution < -0.4 is 0 Å². The zero-order valence-electron chi connectivity index (χ0n) is 10.7. The molecular weight excluding hydrogens is 318 g/mol. The van der Waals surface area contributed by atoms with Gasteiger partial charge in [0.2, 0.25) is 0 Å². The third-order valence-corrected chi connectivity index (χ3v) is 4.65. The van der Waals surface area contributed by atoms with Gasteiger partial charge in [-0.15, -0.1) is 6.54 Å². The van der Waals surface area contributed by atoms with Gasteiger partial charge in [0.15, 0.2) is 0 Å². The van der Waals surface area contributed by atoms with E-state index in [1.165, 1.54) is 22.0 Å². The van der Waals surface area contributed by atoms with E-state index in [1.54, 1.807) is 0 Å². The van der Waals surface area contributed by atoms with Crippen molar-refractivity contribution in [1.29, 1.82) is 0 Å². The topological polar surface area (TPSA) is 21.6 Å². The predicted molar refractivity (Wildman–Crippen MR) is 73.5 cm³/mol. The Morgan fingerprint density at radius 2 is 2.06 bits per heavy atom. The van der Waals surface area contributed by atoms with E-state index in [-0.39, 0.29) is 40.6 Å². The molecule has 1 aliphatic heterocycles. The van der Waals surface area contributed by atoms with Crippen LogP contribution in [0.4, 0.5) is 0 Å². The van der Waals surface area contributed by atoms with Gasteiger partial charge < -0.3 is 9.73 Å². The average Bonchev–Trinajstić information content (AvgIpc) is 2.94. The fourth-order valence-electron chi connectivity index (χ4n) is 2.37. The monoisotopic (exact) mass is 333 g/mol. The minimum absolute atomic E-state index is 0. The molecular formula is C14H15NOPY+2. The molecule has 1 aromatic rings. The molecule has 88 valence electrons. The van der Waals surface area contributed by atoms with Crippen molar-refractivity contribution in [3.63, 3.8) is 0 Å². The molecule has 0 amide bonds. The summed E-state index contributed by atoms with van der Waals surface area (Å²) < 4.78 is 5.62. The Morgan fingerprint density at radius 1 is 1.28 bits per heavy atom. The molecule has 0 aromatic heterocycles. The van der Waals surface area contributed by atoms with E-state index in [0.29, 0.717) is 6.61 Å². The van der Waals surface area contributed by atoms with E-state index in [4.69, 9.17) is 4.74 Å². The normalized spacial score (nSPS) is 16.9. The second-order valence-electron chi connectivity index (χ2n) is 4.48. The molecule has 0 fully saturated rings. The summed E-state index contributed by atoms with van der Waals surface area (Å²) in [6, 6.07) is 8.59. The van der Waals surface area contributed by atoms with Gasteiger partial charge in [-0.3, -0.25) is 0 Å². The number of rotatable bonds is 2. The fraction of sp³-hybridized carbons (Fsp3) is 0.286. The maximum absolute atomic E-state index is 5.62. The van der Waals surface area contributed by atoms with Crippen LogP contribution in [0, 0.1) is 6.54 Å². The van der Waals surface area contributed by atoms with E-state index in [0.717, 1.165) is 12.3 Å². The van der Waals surface area contributed by atoms with Gasteiger partial charge in [-0.05, 0) is 41.8 Å². The van der Waals surface area contributed by atoms with Crippen molar-refractivity contribution in [3.05, 3.63) is 47.3 Å². The molecule has 0 saturated carbocycles. The maximum atomic E-state index is 5.62. The fourth-order valence-corrected chi connectivity index (χ4v) is 3.52. The molecule has 0 bridgehead atoms. The Kier molecular flexibility index (Phi) is 4.64. The molecule has 1 heterocycles. The van der Waals surface area contributed by atoms with Crippen LogP contribution in [-0.4, -0.2) is 25.8 Å². The number of nitrogens with zero attached hydrogens (tertiary/aromatic N) is 1. The van der Waals surface area contributed by atoms with Gasteiger partial charge in [-0.25, -0.2) is 0 Å². The smallest absolute Gasteiger partial charge is 0.573 e. The SMILES string of the molecule is CP(C)C1=C(C2=N[CH-]CO2)c2ccccc2C1.[Y+3]. The van der Waals surface area contributed by atoms with Crippen molar-refractivity contribution in [3.8, 4) is 0 Å². The summed E-state index contributed by atoms with van der Waals surface area (Å²) in [4.78, 5) is 4.37. The maximum Gasteiger partial charge on any atom is 3.00 e. The van der Waals surface area contributed by atoms with Crippen LogP contribution in [0.1, 0.15) is 11.1 Å². The van der Waals surface area contributed by atoms with Crippen LogP contribution >= 0.6 is 7.92 Å². The third kappa shape index (κ3) is 2.43. The van der Waals surface area contributed by atoms with Gasteiger partial charge in [0.1, 0.15) is 0 Å². The van der Waals surface area contributed by atoms with E-state index >= 15 is 0 Å².